The maximum atomic E-state index is 11.7. The van der Waals surface area contributed by atoms with E-state index in [9.17, 15) is 9.90 Å². The van der Waals surface area contributed by atoms with Crippen LogP contribution in [0.3, 0.4) is 0 Å². The first-order valence-corrected chi connectivity index (χ1v) is 13.5. The monoisotopic (exact) mass is 532 g/mol. The number of benzene rings is 2. The van der Waals surface area contributed by atoms with Crippen LogP contribution in [0.4, 0.5) is 0 Å². The zero-order valence-electron chi connectivity index (χ0n) is 21.8. The number of piperidine rings is 1. The topological polar surface area (TPSA) is 71.9 Å². The van der Waals surface area contributed by atoms with Crippen molar-refractivity contribution in [3.05, 3.63) is 88.6 Å². The van der Waals surface area contributed by atoms with Gasteiger partial charge in [0.25, 0.3) is 0 Å². The third kappa shape index (κ3) is 5.87. The summed E-state index contributed by atoms with van der Waals surface area (Å²) in [5.41, 5.74) is 2.89. The standard InChI is InChI=1S/C31H33ClN2O4/c1-31(2,30(35)36)38-28-9-3-8-27-26(28)20-23(25-7-4-16-33-29(25)37-27)6-5-17-34-18-14-22(15-19-34)21-10-12-24(32)13-11-21/h3-4,6-13,16,22H,5,14-15,17-20H2,1-2H3,(H,35,36). The van der Waals surface area contributed by atoms with Crippen LogP contribution < -0.4 is 9.47 Å². The summed E-state index contributed by atoms with van der Waals surface area (Å²) < 4.78 is 12.2. The van der Waals surface area contributed by atoms with Crippen molar-refractivity contribution in [2.45, 2.75) is 51.0 Å². The van der Waals surface area contributed by atoms with Crippen molar-refractivity contribution >= 4 is 23.1 Å². The van der Waals surface area contributed by atoms with E-state index in [1.165, 1.54) is 5.56 Å². The second-order valence-electron chi connectivity index (χ2n) is 10.5. The Hall–Kier alpha value is -3.35. The van der Waals surface area contributed by atoms with Crippen LogP contribution in [0.5, 0.6) is 17.4 Å². The summed E-state index contributed by atoms with van der Waals surface area (Å²) >= 11 is 6.06. The molecule has 5 rings (SSSR count). The molecule has 0 spiro atoms. The highest BCUT2D eigenvalue weighted by atomic mass is 35.5. The molecule has 0 bridgehead atoms. The van der Waals surface area contributed by atoms with Crippen molar-refractivity contribution in [2.75, 3.05) is 19.6 Å². The first-order valence-electron chi connectivity index (χ1n) is 13.1. The minimum absolute atomic E-state index is 0.512. The Bertz CT molecular complexity index is 1330. The lowest BCUT2D eigenvalue weighted by Crippen LogP contribution is -2.38. The van der Waals surface area contributed by atoms with Crippen LogP contribution in [-0.2, 0) is 11.2 Å². The SMILES string of the molecule is CC(C)(Oc1cccc2c1CC(=CCCN1CCC(c3ccc(Cl)cc3)CC1)c1cccnc1O2)C(=O)O. The zero-order valence-corrected chi connectivity index (χ0v) is 22.6. The third-order valence-electron chi connectivity index (χ3n) is 7.43. The molecule has 7 heteroatoms. The Kier molecular flexibility index (Phi) is 7.73. The molecule has 3 heterocycles. The molecule has 0 saturated carbocycles. The highest BCUT2D eigenvalue weighted by molar-refractivity contribution is 6.30. The van der Waals surface area contributed by atoms with E-state index in [4.69, 9.17) is 21.1 Å². The molecular weight excluding hydrogens is 500 g/mol. The molecule has 198 valence electrons. The van der Waals surface area contributed by atoms with Crippen LogP contribution in [0, 0.1) is 0 Å². The average Bonchev–Trinajstić information content (AvgIpc) is 3.07. The molecule has 38 heavy (non-hydrogen) atoms. The van der Waals surface area contributed by atoms with Gasteiger partial charge in [0, 0.05) is 35.3 Å². The van der Waals surface area contributed by atoms with Gasteiger partial charge in [-0.05, 0) is 99.7 Å². The van der Waals surface area contributed by atoms with Gasteiger partial charge in [-0.2, -0.15) is 0 Å². The number of halogens is 1. The Morgan fingerprint density at radius 1 is 1.16 bits per heavy atom. The molecule has 1 saturated heterocycles. The second-order valence-corrected chi connectivity index (χ2v) is 10.9. The van der Waals surface area contributed by atoms with Crippen LogP contribution in [0.1, 0.15) is 55.7 Å². The maximum absolute atomic E-state index is 11.7. The Morgan fingerprint density at radius 2 is 1.92 bits per heavy atom. The van der Waals surface area contributed by atoms with Gasteiger partial charge < -0.3 is 19.5 Å². The van der Waals surface area contributed by atoms with Crippen molar-refractivity contribution in [3.63, 3.8) is 0 Å². The van der Waals surface area contributed by atoms with E-state index in [0.717, 1.165) is 60.6 Å². The van der Waals surface area contributed by atoms with Gasteiger partial charge in [-0.3, -0.25) is 0 Å². The molecule has 0 aliphatic carbocycles. The quantitative estimate of drug-likeness (QED) is 0.354. The number of fused-ring (bicyclic) bond motifs is 2. The zero-order chi connectivity index (χ0) is 26.7. The summed E-state index contributed by atoms with van der Waals surface area (Å²) in [4.78, 5) is 18.7. The normalized spacial score (nSPS) is 17.3. The minimum Gasteiger partial charge on any atom is -0.478 e. The highest BCUT2D eigenvalue weighted by Crippen LogP contribution is 2.42. The van der Waals surface area contributed by atoms with Crippen molar-refractivity contribution in [3.8, 4) is 17.4 Å². The number of likely N-dealkylation sites (tertiary alicyclic amines) is 1. The lowest BCUT2D eigenvalue weighted by atomic mass is 9.89. The predicted molar refractivity (Wildman–Crippen MR) is 149 cm³/mol. The fourth-order valence-electron chi connectivity index (χ4n) is 5.16. The average molecular weight is 533 g/mol. The molecule has 1 fully saturated rings. The molecule has 3 aromatic rings. The third-order valence-corrected chi connectivity index (χ3v) is 7.68. The number of aliphatic carboxylic acids is 1. The Labute approximate surface area is 228 Å². The fourth-order valence-corrected chi connectivity index (χ4v) is 5.29. The van der Waals surface area contributed by atoms with Crippen molar-refractivity contribution in [1.82, 2.24) is 9.88 Å². The number of aromatic nitrogens is 1. The summed E-state index contributed by atoms with van der Waals surface area (Å²) in [6.07, 6.45) is 7.74. The number of carbonyl (C=O) groups is 1. The van der Waals surface area contributed by atoms with Gasteiger partial charge in [-0.25, -0.2) is 9.78 Å². The molecule has 1 aromatic heterocycles. The predicted octanol–water partition coefficient (Wildman–Crippen LogP) is 6.98. The van der Waals surface area contributed by atoms with Gasteiger partial charge in [-0.15, -0.1) is 0 Å². The smallest absolute Gasteiger partial charge is 0.347 e. The van der Waals surface area contributed by atoms with Crippen molar-refractivity contribution in [1.29, 1.82) is 0 Å². The number of carboxylic acids is 1. The lowest BCUT2D eigenvalue weighted by Gasteiger charge is -2.32. The number of rotatable bonds is 7. The summed E-state index contributed by atoms with van der Waals surface area (Å²) in [5.74, 6) is 1.26. The first-order chi connectivity index (χ1) is 18.3. The van der Waals surface area contributed by atoms with Gasteiger partial charge in [0.1, 0.15) is 11.5 Å². The largest absolute Gasteiger partial charge is 0.478 e. The van der Waals surface area contributed by atoms with Gasteiger partial charge in [0.2, 0.25) is 5.88 Å². The minimum atomic E-state index is -1.37. The van der Waals surface area contributed by atoms with Gasteiger partial charge in [0.05, 0.1) is 0 Å². The Morgan fingerprint density at radius 3 is 2.66 bits per heavy atom. The van der Waals surface area contributed by atoms with E-state index in [1.54, 1.807) is 26.1 Å². The molecular formula is C31H33ClN2O4. The molecule has 0 atom stereocenters. The van der Waals surface area contributed by atoms with Crippen LogP contribution in [0.25, 0.3) is 5.57 Å². The molecule has 0 amide bonds. The molecule has 1 N–H and O–H groups in total. The van der Waals surface area contributed by atoms with E-state index in [2.05, 4.69) is 28.1 Å². The highest BCUT2D eigenvalue weighted by Gasteiger charge is 2.32. The van der Waals surface area contributed by atoms with Crippen LogP contribution in [-0.4, -0.2) is 46.2 Å². The molecule has 0 radical (unpaired) electrons. The summed E-state index contributed by atoms with van der Waals surface area (Å²) in [5, 5.41) is 10.4. The summed E-state index contributed by atoms with van der Waals surface area (Å²) in [6.45, 7) is 6.22. The number of nitrogens with zero attached hydrogens (tertiary/aromatic N) is 2. The van der Waals surface area contributed by atoms with Gasteiger partial charge >= 0.3 is 5.97 Å². The van der Waals surface area contributed by atoms with E-state index < -0.39 is 11.6 Å². The number of hydrogen-bond donors (Lipinski definition) is 1. The van der Waals surface area contributed by atoms with Crippen molar-refractivity contribution in [2.24, 2.45) is 0 Å². The molecule has 2 aromatic carbocycles. The molecule has 0 unspecified atom stereocenters. The molecule has 2 aliphatic heterocycles. The second kappa shape index (κ2) is 11.2. The van der Waals surface area contributed by atoms with E-state index in [0.29, 0.717) is 29.7 Å². The Balaban J connectivity index is 1.31. The van der Waals surface area contributed by atoms with Crippen molar-refractivity contribution < 1.29 is 19.4 Å². The van der Waals surface area contributed by atoms with E-state index in [1.807, 2.05) is 36.4 Å². The number of pyridine rings is 1. The number of carboxylic acid groups (broad SMARTS) is 1. The summed E-state index contributed by atoms with van der Waals surface area (Å²) in [6, 6.07) is 17.7. The lowest BCUT2D eigenvalue weighted by molar-refractivity contribution is -0.152. The molecule has 2 aliphatic rings. The maximum Gasteiger partial charge on any atom is 0.347 e. The van der Waals surface area contributed by atoms with Gasteiger partial charge in [0.15, 0.2) is 5.60 Å². The molecule has 6 nitrogen and oxygen atoms in total. The van der Waals surface area contributed by atoms with E-state index in [-0.39, 0.29) is 0 Å². The van der Waals surface area contributed by atoms with Gasteiger partial charge in [-0.1, -0.05) is 35.9 Å². The van der Waals surface area contributed by atoms with Crippen LogP contribution in [0.2, 0.25) is 5.02 Å². The van der Waals surface area contributed by atoms with E-state index >= 15 is 0 Å². The van der Waals surface area contributed by atoms with Crippen LogP contribution in [0.15, 0.2) is 66.9 Å². The van der Waals surface area contributed by atoms with Crippen LogP contribution >= 0.6 is 11.6 Å². The fraction of sp³-hybridized carbons (Fsp3) is 0.355. The number of ether oxygens (including phenoxy) is 2. The number of hydrogen-bond acceptors (Lipinski definition) is 5. The first kappa shape index (κ1) is 26.3. The number of allylic oxidation sites excluding steroid dienone is 1. The summed E-state index contributed by atoms with van der Waals surface area (Å²) in [7, 11) is 0.